The van der Waals surface area contributed by atoms with Gasteiger partial charge in [-0.05, 0) is 95.7 Å². The summed E-state index contributed by atoms with van der Waals surface area (Å²) in [6.07, 6.45) is 0. The van der Waals surface area contributed by atoms with Crippen LogP contribution in [0.15, 0.2) is 255 Å². The van der Waals surface area contributed by atoms with Gasteiger partial charge >= 0.3 is 0 Å². The molecule has 70 heavy (non-hydrogen) atoms. The smallest absolute Gasteiger partial charge is 0.0619 e. The van der Waals surface area contributed by atoms with Gasteiger partial charge in [0.2, 0.25) is 0 Å². The number of aromatic nitrogens is 2. The topological polar surface area (TPSA) is 9.86 Å². The van der Waals surface area contributed by atoms with E-state index in [4.69, 9.17) is 0 Å². The van der Waals surface area contributed by atoms with Gasteiger partial charge in [-0.2, -0.15) is 0 Å². The van der Waals surface area contributed by atoms with Gasteiger partial charge in [-0.3, -0.25) is 0 Å². The first-order valence-corrected chi connectivity index (χ1v) is 24.3. The molecule has 0 spiro atoms. The summed E-state index contributed by atoms with van der Waals surface area (Å²) in [5, 5.41) is 17.3. The van der Waals surface area contributed by atoms with Crippen LogP contribution in [0.25, 0.3) is 142 Å². The van der Waals surface area contributed by atoms with Crippen molar-refractivity contribution in [3.63, 3.8) is 0 Å². The van der Waals surface area contributed by atoms with Crippen molar-refractivity contribution in [3.8, 4) is 44.8 Å². The van der Waals surface area contributed by atoms with E-state index in [0.717, 1.165) is 11.4 Å². The second kappa shape index (κ2) is 15.1. The Balaban J connectivity index is 1.11. The number of rotatable bonds is 5. The molecule has 0 aliphatic rings. The molecule has 0 saturated heterocycles. The van der Waals surface area contributed by atoms with Crippen LogP contribution in [-0.4, -0.2) is 9.13 Å². The minimum atomic E-state index is 1.14. The van der Waals surface area contributed by atoms with Gasteiger partial charge in [-0.15, -0.1) is 0 Å². The van der Waals surface area contributed by atoms with E-state index in [9.17, 15) is 0 Å². The molecule has 0 radical (unpaired) electrons. The highest BCUT2D eigenvalue weighted by atomic mass is 15.0. The molecule has 0 amide bonds. The fraction of sp³-hybridized carbons (Fsp3) is 0. The lowest BCUT2D eigenvalue weighted by molar-refractivity contribution is 1.19. The Labute approximate surface area is 404 Å². The Morgan fingerprint density at radius 1 is 0.186 bits per heavy atom. The highest BCUT2D eigenvalue weighted by Gasteiger charge is 2.24. The van der Waals surface area contributed by atoms with Crippen molar-refractivity contribution in [2.75, 3.05) is 0 Å². The molecule has 0 aliphatic carbocycles. The van der Waals surface area contributed by atoms with Crippen molar-refractivity contribution in [2.45, 2.75) is 0 Å². The standard InChI is InChI=1S/C68H42N2/c1-3-22-46(23-4-1)69-65-49-27-11-8-19-44(49)38-40-60(65)58-36-16-34-56(67(58)69)51-29-14-32-54-62(51)42-63-52(30-15-33-55(63)64(54)53-31-13-21-43-18-7-10-26-48(43)53)57-35-17-37-59-61-41-39-45-20-9-12-28-50(45)66(61)70(68(57)59)47-24-5-2-6-25-47/h1-42H. The third kappa shape index (κ3) is 5.56. The van der Waals surface area contributed by atoms with Crippen LogP contribution in [0.5, 0.6) is 0 Å². The van der Waals surface area contributed by atoms with Gasteiger partial charge in [0.15, 0.2) is 0 Å². The Kier molecular flexibility index (Phi) is 8.39. The van der Waals surface area contributed by atoms with Gasteiger partial charge in [-0.1, -0.05) is 224 Å². The van der Waals surface area contributed by atoms with Crippen molar-refractivity contribution in [3.05, 3.63) is 255 Å². The van der Waals surface area contributed by atoms with Crippen LogP contribution in [-0.2, 0) is 0 Å². The van der Waals surface area contributed by atoms with Gasteiger partial charge in [-0.25, -0.2) is 0 Å². The van der Waals surface area contributed by atoms with Crippen LogP contribution < -0.4 is 0 Å². The summed E-state index contributed by atoms with van der Waals surface area (Å²) in [4.78, 5) is 0. The molecule has 2 heteroatoms. The number of fused-ring (bicyclic) bond motifs is 13. The SMILES string of the molecule is c1ccc(-n2c3c(-c4cccc5c(-c6cccc7ccccc67)c6cccc(-c7cccc8c9ccc%10ccccc%10c9n(-c9ccccc9)c78)c6cc45)cccc3c3ccc4ccccc4c32)cc1. The first-order valence-electron chi connectivity index (χ1n) is 24.3. The third-order valence-corrected chi connectivity index (χ3v) is 15.1. The van der Waals surface area contributed by atoms with Crippen LogP contribution in [0.3, 0.4) is 0 Å². The zero-order chi connectivity index (χ0) is 45.9. The van der Waals surface area contributed by atoms with E-state index in [-0.39, 0.29) is 0 Å². The summed E-state index contributed by atoms with van der Waals surface area (Å²) in [5.74, 6) is 0. The first kappa shape index (κ1) is 38.8. The second-order valence-corrected chi connectivity index (χ2v) is 18.7. The Hall–Kier alpha value is -9.24. The lowest BCUT2D eigenvalue weighted by atomic mass is 9.84. The summed E-state index contributed by atoms with van der Waals surface area (Å²) in [6.45, 7) is 0. The van der Waals surface area contributed by atoms with Crippen molar-refractivity contribution < 1.29 is 0 Å². The van der Waals surface area contributed by atoms with Crippen LogP contribution in [0, 0.1) is 0 Å². The van der Waals surface area contributed by atoms with E-state index in [0.29, 0.717) is 0 Å². The largest absolute Gasteiger partial charge is 0.308 e. The molecule has 0 saturated carbocycles. The molecule has 13 aromatic carbocycles. The lowest BCUT2D eigenvalue weighted by Gasteiger charge is -2.20. The second-order valence-electron chi connectivity index (χ2n) is 18.7. The fourth-order valence-electron chi connectivity index (χ4n) is 12.1. The summed E-state index contributed by atoms with van der Waals surface area (Å²) in [6, 6.07) is 94.6. The molecule has 324 valence electrons. The van der Waals surface area contributed by atoms with Crippen LogP contribution in [0.1, 0.15) is 0 Å². The maximum Gasteiger partial charge on any atom is 0.0619 e. The van der Waals surface area contributed by atoms with Crippen LogP contribution in [0.4, 0.5) is 0 Å². The van der Waals surface area contributed by atoms with E-state index >= 15 is 0 Å². The monoisotopic (exact) mass is 886 g/mol. The van der Waals surface area contributed by atoms with Crippen molar-refractivity contribution in [1.82, 2.24) is 9.13 Å². The molecule has 0 unspecified atom stereocenters. The normalized spacial score (nSPS) is 12.0. The summed E-state index contributed by atoms with van der Waals surface area (Å²) >= 11 is 0. The average molecular weight is 887 g/mol. The van der Waals surface area contributed by atoms with E-state index in [1.807, 2.05) is 0 Å². The van der Waals surface area contributed by atoms with Gasteiger partial charge in [0.1, 0.15) is 0 Å². The minimum Gasteiger partial charge on any atom is -0.308 e. The predicted molar refractivity (Wildman–Crippen MR) is 299 cm³/mol. The molecule has 0 fully saturated rings. The first-order chi connectivity index (χ1) is 34.8. The summed E-state index contributed by atoms with van der Waals surface area (Å²) in [7, 11) is 0. The molecule has 2 aromatic heterocycles. The number of hydrogen-bond acceptors (Lipinski definition) is 0. The van der Waals surface area contributed by atoms with E-state index in [2.05, 4.69) is 264 Å². The van der Waals surface area contributed by atoms with Gasteiger partial charge < -0.3 is 9.13 Å². The highest BCUT2D eigenvalue weighted by molar-refractivity contribution is 6.27. The fourth-order valence-corrected chi connectivity index (χ4v) is 12.1. The molecule has 15 rings (SSSR count). The van der Waals surface area contributed by atoms with E-state index in [1.165, 1.54) is 131 Å². The van der Waals surface area contributed by atoms with Gasteiger partial charge in [0.05, 0.1) is 22.1 Å². The Morgan fingerprint density at radius 3 is 1.03 bits per heavy atom. The highest BCUT2D eigenvalue weighted by Crippen LogP contribution is 2.49. The van der Waals surface area contributed by atoms with Crippen molar-refractivity contribution in [2.24, 2.45) is 0 Å². The Morgan fingerprint density at radius 2 is 0.529 bits per heavy atom. The number of hydrogen-bond donors (Lipinski definition) is 0. The zero-order valence-corrected chi connectivity index (χ0v) is 38.1. The van der Waals surface area contributed by atoms with Crippen molar-refractivity contribution >= 4 is 97.5 Å². The van der Waals surface area contributed by atoms with Crippen LogP contribution in [0.2, 0.25) is 0 Å². The molecule has 15 aromatic rings. The lowest BCUT2D eigenvalue weighted by Crippen LogP contribution is -1.97. The molecule has 2 nitrogen and oxygen atoms in total. The Bertz CT molecular complexity index is 4370. The molecule has 0 atom stereocenters. The average Bonchev–Trinajstić information content (AvgIpc) is 3.97. The van der Waals surface area contributed by atoms with Crippen molar-refractivity contribution in [1.29, 1.82) is 0 Å². The maximum absolute atomic E-state index is 2.52. The molecule has 2 heterocycles. The third-order valence-electron chi connectivity index (χ3n) is 15.1. The zero-order valence-electron chi connectivity index (χ0n) is 38.1. The van der Waals surface area contributed by atoms with E-state index in [1.54, 1.807) is 0 Å². The number of para-hydroxylation sites is 4. The predicted octanol–water partition coefficient (Wildman–Crippen LogP) is 18.6. The molecule has 0 aliphatic heterocycles. The summed E-state index contributed by atoms with van der Waals surface area (Å²) < 4.78 is 5.04. The molecule has 0 bridgehead atoms. The van der Waals surface area contributed by atoms with Gasteiger partial charge in [0.25, 0.3) is 0 Å². The maximum atomic E-state index is 2.52. The molecular formula is C68H42N2. The van der Waals surface area contributed by atoms with E-state index < -0.39 is 0 Å². The van der Waals surface area contributed by atoms with Gasteiger partial charge in [0, 0.05) is 54.8 Å². The number of benzene rings is 13. The quantitative estimate of drug-likeness (QED) is 0.152. The number of nitrogens with zero attached hydrogens (tertiary/aromatic N) is 2. The summed E-state index contributed by atoms with van der Waals surface area (Å²) in [5.41, 5.74) is 14.4. The minimum absolute atomic E-state index is 1.14. The van der Waals surface area contributed by atoms with Crippen LogP contribution >= 0.6 is 0 Å². The molecular weight excluding hydrogens is 845 g/mol. The molecule has 0 N–H and O–H groups in total.